The second-order valence-electron chi connectivity index (χ2n) is 7.93. The van der Waals surface area contributed by atoms with Crippen LogP contribution in [0.25, 0.3) is 10.9 Å². The zero-order valence-corrected chi connectivity index (χ0v) is 17.3. The van der Waals surface area contributed by atoms with Crippen molar-refractivity contribution >= 4 is 10.9 Å². The third-order valence-electron chi connectivity index (χ3n) is 5.89. The van der Waals surface area contributed by atoms with Gasteiger partial charge in [-0.05, 0) is 37.9 Å². The van der Waals surface area contributed by atoms with E-state index in [4.69, 9.17) is 9.47 Å². The van der Waals surface area contributed by atoms with Gasteiger partial charge in [-0.15, -0.1) is 0 Å². The molecule has 29 heavy (non-hydrogen) atoms. The molecule has 0 bridgehead atoms. The van der Waals surface area contributed by atoms with Gasteiger partial charge in [0, 0.05) is 23.0 Å². The summed E-state index contributed by atoms with van der Waals surface area (Å²) in [6, 6.07) is 17.2. The highest BCUT2D eigenvalue weighted by atomic mass is 16.5. The van der Waals surface area contributed by atoms with Crippen LogP contribution in [0.1, 0.15) is 37.3 Å². The Morgan fingerprint density at radius 2 is 1.86 bits per heavy atom. The fourth-order valence-electron chi connectivity index (χ4n) is 4.30. The molecule has 2 aromatic carbocycles. The third kappa shape index (κ3) is 4.53. The van der Waals surface area contributed by atoms with Gasteiger partial charge in [0.2, 0.25) is 0 Å². The number of hydrogen-bond acceptors (Lipinski definition) is 4. The monoisotopic (exact) mass is 393 g/mol. The maximum Gasteiger partial charge on any atom is 0.140 e. The standard InChI is InChI=1S/C24H31N3O2/c1-2-15-28-19-27-23-20(16-26-27)7-6-8-21(23)17-29-18-24(11-13-25-14-12-24)22-9-4-3-5-10-22/h3-10,16,25H,2,11-15,17-19H2,1H3. The number of nitrogens with one attached hydrogen (secondary N) is 1. The van der Waals surface area contributed by atoms with Crippen molar-refractivity contribution in [3.8, 4) is 0 Å². The number of fused-ring (bicyclic) bond motifs is 1. The van der Waals surface area contributed by atoms with Gasteiger partial charge < -0.3 is 14.8 Å². The van der Waals surface area contributed by atoms with Crippen LogP contribution in [0.15, 0.2) is 54.7 Å². The van der Waals surface area contributed by atoms with Gasteiger partial charge in [0.1, 0.15) is 6.73 Å². The molecule has 5 heteroatoms. The van der Waals surface area contributed by atoms with E-state index in [2.05, 4.69) is 65.9 Å². The van der Waals surface area contributed by atoms with Crippen LogP contribution >= 0.6 is 0 Å². The lowest BCUT2D eigenvalue weighted by Crippen LogP contribution is -2.43. The summed E-state index contributed by atoms with van der Waals surface area (Å²) in [7, 11) is 0. The highest BCUT2D eigenvalue weighted by Crippen LogP contribution is 2.34. The first-order chi connectivity index (χ1) is 14.3. The van der Waals surface area contributed by atoms with Crippen LogP contribution in [-0.4, -0.2) is 36.1 Å². The predicted octanol–water partition coefficient (Wildman–Crippen LogP) is 4.26. The van der Waals surface area contributed by atoms with E-state index in [1.54, 1.807) is 0 Å². The number of benzene rings is 2. The number of nitrogens with zero attached hydrogens (tertiary/aromatic N) is 2. The van der Waals surface area contributed by atoms with E-state index in [-0.39, 0.29) is 5.41 Å². The van der Waals surface area contributed by atoms with Crippen LogP contribution < -0.4 is 5.32 Å². The number of ether oxygens (including phenoxy) is 2. The quantitative estimate of drug-likeness (QED) is 0.552. The Morgan fingerprint density at radius 1 is 1.03 bits per heavy atom. The molecule has 0 amide bonds. The van der Waals surface area contributed by atoms with Crippen LogP contribution in [0.5, 0.6) is 0 Å². The molecule has 0 spiro atoms. The maximum atomic E-state index is 6.37. The van der Waals surface area contributed by atoms with Crippen molar-refractivity contribution in [2.75, 3.05) is 26.3 Å². The molecule has 0 radical (unpaired) electrons. The van der Waals surface area contributed by atoms with Gasteiger partial charge in [0.05, 0.1) is 24.9 Å². The Morgan fingerprint density at radius 3 is 2.66 bits per heavy atom. The van der Waals surface area contributed by atoms with Gasteiger partial charge in [-0.25, -0.2) is 4.68 Å². The minimum atomic E-state index is 0.0882. The Bertz CT molecular complexity index is 901. The minimum Gasteiger partial charge on any atom is -0.376 e. The van der Waals surface area contributed by atoms with Crippen molar-refractivity contribution in [3.63, 3.8) is 0 Å². The average molecular weight is 394 g/mol. The smallest absolute Gasteiger partial charge is 0.140 e. The molecule has 0 saturated carbocycles. The number of para-hydroxylation sites is 1. The number of hydrogen-bond donors (Lipinski definition) is 1. The summed E-state index contributed by atoms with van der Waals surface area (Å²) in [5, 5.41) is 9.13. The van der Waals surface area contributed by atoms with Gasteiger partial charge in [-0.2, -0.15) is 5.10 Å². The third-order valence-corrected chi connectivity index (χ3v) is 5.89. The largest absolute Gasteiger partial charge is 0.376 e. The second-order valence-corrected chi connectivity index (χ2v) is 7.93. The van der Waals surface area contributed by atoms with Crippen LogP contribution in [0.2, 0.25) is 0 Å². The first-order valence-corrected chi connectivity index (χ1v) is 10.7. The van der Waals surface area contributed by atoms with Gasteiger partial charge in [0.25, 0.3) is 0 Å². The molecule has 5 nitrogen and oxygen atoms in total. The Labute approximate surface area is 173 Å². The molecule has 1 aliphatic rings. The van der Waals surface area contributed by atoms with Crippen molar-refractivity contribution in [2.24, 2.45) is 0 Å². The summed E-state index contributed by atoms with van der Waals surface area (Å²) in [6.45, 7) is 6.73. The van der Waals surface area contributed by atoms with Crippen molar-refractivity contribution in [1.29, 1.82) is 0 Å². The molecule has 1 saturated heterocycles. The molecule has 0 unspecified atom stereocenters. The van der Waals surface area contributed by atoms with E-state index in [1.165, 1.54) is 5.56 Å². The predicted molar refractivity (Wildman–Crippen MR) is 116 cm³/mol. The molecule has 1 fully saturated rings. The topological polar surface area (TPSA) is 48.3 Å². The SMILES string of the molecule is CCCOCn1ncc2cccc(COCC3(c4ccccc4)CCNCC3)c21. The maximum absolute atomic E-state index is 6.37. The van der Waals surface area contributed by atoms with Crippen molar-refractivity contribution < 1.29 is 9.47 Å². The Hall–Kier alpha value is -2.21. The molecule has 154 valence electrons. The summed E-state index contributed by atoms with van der Waals surface area (Å²) in [4.78, 5) is 0. The first kappa shape index (κ1) is 20.1. The average Bonchev–Trinajstić information content (AvgIpc) is 3.19. The molecular formula is C24H31N3O2. The van der Waals surface area contributed by atoms with Gasteiger partial charge >= 0.3 is 0 Å². The molecule has 3 aromatic rings. The number of aromatic nitrogens is 2. The summed E-state index contributed by atoms with van der Waals surface area (Å²) >= 11 is 0. The van der Waals surface area contributed by atoms with Crippen molar-refractivity contribution in [1.82, 2.24) is 15.1 Å². The Kier molecular flexibility index (Phi) is 6.60. The molecule has 1 aliphatic heterocycles. The minimum absolute atomic E-state index is 0.0882. The van der Waals surface area contributed by atoms with Crippen LogP contribution in [0, 0.1) is 0 Å². The van der Waals surface area contributed by atoms with Crippen LogP contribution in [0.4, 0.5) is 0 Å². The molecule has 1 aromatic heterocycles. The molecular weight excluding hydrogens is 362 g/mol. The lowest BCUT2D eigenvalue weighted by Gasteiger charge is -2.38. The summed E-state index contributed by atoms with van der Waals surface area (Å²) < 4.78 is 14.0. The molecule has 2 heterocycles. The zero-order valence-electron chi connectivity index (χ0n) is 17.3. The molecule has 0 aliphatic carbocycles. The highest BCUT2D eigenvalue weighted by Gasteiger charge is 2.34. The lowest BCUT2D eigenvalue weighted by atomic mass is 9.74. The molecule has 0 atom stereocenters. The van der Waals surface area contributed by atoms with Gasteiger partial charge in [-0.1, -0.05) is 55.5 Å². The van der Waals surface area contributed by atoms with E-state index < -0.39 is 0 Å². The fraction of sp³-hybridized carbons (Fsp3) is 0.458. The van der Waals surface area contributed by atoms with Crippen molar-refractivity contribution in [3.05, 3.63) is 65.9 Å². The second kappa shape index (κ2) is 9.53. The summed E-state index contributed by atoms with van der Waals surface area (Å²) in [6.07, 6.45) is 5.12. The van der Waals surface area contributed by atoms with Gasteiger partial charge in [0.15, 0.2) is 0 Å². The molecule has 4 rings (SSSR count). The fourth-order valence-corrected chi connectivity index (χ4v) is 4.30. The lowest BCUT2D eigenvalue weighted by molar-refractivity contribution is 0.0558. The first-order valence-electron chi connectivity index (χ1n) is 10.7. The van der Waals surface area contributed by atoms with E-state index in [0.29, 0.717) is 13.3 Å². The summed E-state index contributed by atoms with van der Waals surface area (Å²) in [5.74, 6) is 0. The van der Waals surface area contributed by atoms with Crippen LogP contribution in [-0.2, 0) is 28.2 Å². The van der Waals surface area contributed by atoms with Gasteiger partial charge in [-0.3, -0.25) is 0 Å². The Balaban J connectivity index is 1.49. The summed E-state index contributed by atoms with van der Waals surface area (Å²) in [5.41, 5.74) is 3.75. The van der Waals surface area contributed by atoms with Crippen LogP contribution in [0.3, 0.4) is 0 Å². The number of piperidine rings is 1. The molecule has 1 N–H and O–H groups in total. The van der Waals surface area contributed by atoms with E-state index in [1.807, 2.05) is 10.9 Å². The normalized spacial score (nSPS) is 16.3. The zero-order chi connectivity index (χ0) is 19.9. The van der Waals surface area contributed by atoms with E-state index >= 15 is 0 Å². The van der Waals surface area contributed by atoms with E-state index in [0.717, 1.165) is 62.0 Å². The number of rotatable bonds is 9. The van der Waals surface area contributed by atoms with Crippen molar-refractivity contribution in [2.45, 2.75) is 44.9 Å². The highest BCUT2D eigenvalue weighted by molar-refractivity contribution is 5.81. The van der Waals surface area contributed by atoms with E-state index in [9.17, 15) is 0 Å².